The minimum Gasteiger partial charge on any atom is -0.456 e. The largest absolute Gasteiger partial charge is 0.456 e. The number of hydrogen-bond donors (Lipinski definition) is 0. The predicted molar refractivity (Wildman–Crippen MR) is 256 cm³/mol. The Morgan fingerprint density at radius 2 is 0.905 bits per heavy atom. The Morgan fingerprint density at radius 1 is 0.333 bits per heavy atom. The lowest BCUT2D eigenvalue weighted by atomic mass is 9.99. The summed E-state index contributed by atoms with van der Waals surface area (Å²) in [6.45, 7) is 0. The molecule has 0 unspecified atom stereocenters. The number of para-hydroxylation sites is 4. The molecule has 0 saturated carbocycles. The monoisotopic (exact) mass is 806 g/mol. The summed E-state index contributed by atoms with van der Waals surface area (Å²) in [5.74, 6) is 1.67. The molecule has 0 spiro atoms. The summed E-state index contributed by atoms with van der Waals surface area (Å²) >= 11 is 0. The van der Waals surface area contributed by atoms with Gasteiger partial charge < -0.3 is 13.4 Å². The van der Waals surface area contributed by atoms with Gasteiger partial charge in [-0.1, -0.05) is 152 Å². The molecule has 0 radical (unpaired) electrons. The Hall–Kier alpha value is -8.61. The molecule has 0 atom stereocenters. The van der Waals surface area contributed by atoms with Crippen molar-refractivity contribution < 1.29 is 8.83 Å². The van der Waals surface area contributed by atoms with Crippen LogP contribution in [0.25, 0.3) is 128 Å². The third kappa shape index (κ3) is 5.62. The molecule has 0 amide bonds. The van der Waals surface area contributed by atoms with E-state index in [0.29, 0.717) is 17.5 Å². The summed E-state index contributed by atoms with van der Waals surface area (Å²) in [4.78, 5) is 15.4. The first-order chi connectivity index (χ1) is 31.2. The normalized spacial score (nSPS) is 11.8. The molecule has 63 heavy (non-hydrogen) atoms. The molecule has 0 aliphatic heterocycles. The lowest BCUT2D eigenvalue weighted by Crippen LogP contribution is -2.00. The van der Waals surface area contributed by atoms with Crippen LogP contribution in [0.1, 0.15) is 0 Å². The molecule has 0 aliphatic rings. The van der Waals surface area contributed by atoms with Crippen LogP contribution >= 0.6 is 0 Å². The van der Waals surface area contributed by atoms with Gasteiger partial charge in [0.25, 0.3) is 0 Å². The number of hydrogen-bond acceptors (Lipinski definition) is 5. The minimum absolute atomic E-state index is 0.531. The Kier molecular flexibility index (Phi) is 7.80. The number of benzene rings is 9. The molecule has 13 rings (SSSR count). The zero-order valence-electron chi connectivity index (χ0n) is 33.7. The van der Waals surface area contributed by atoms with E-state index >= 15 is 0 Å². The van der Waals surface area contributed by atoms with Crippen LogP contribution in [0.5, 0.6) is 0 Å². The molecular formula is C57H34N4O2. The summed E-state index contributed by atoms with van der Waals surface area (Å²) in [6, 6.07) is 71.7. The number of aromatic nitrogens is 4. The number of fused-ring (bicyclic) bond motifs is 9. The van der Waals surface area contributed by atoms with Crippen LogP contribution in [0.3, 0.4) is 0 Å². The highest BCUT2D eigenvalue weighted by Crippen LogP contribution is 2.42. The van der Waals surface area contributed by atoms with Crippen molar-refractivity contribution in [3.63, 3.8) is 0 Å². The average Bonchev–Trinajstić information content (AvgIpc) is 4.04. The molecule has 9 aromatic carbocycles. The Morgan fingerprint density at radius 3 is 1.71 bits per heavy atom. The van der Waals surface area contributed by atoms with Crippen LogP contribution in [-0.4, -0.2) is 19.5 Å². The van der Waals surface area contributed by atoms with Crippen molar-refractivity contribution in [1.29, 1.82) is 0 Å². The summed E-state index contributed by atoms with van der Waals surface area (Å²) in [5, 5.41) is 6.40. The van der Waals surface area contributed by atoms with Gasteiger partial charge in [-0.25, -0.2) is 15.0 Å². The quantitative estimate of drug-likeness (QED) is 0.167. The fraction of sp³-hybridized carbons (Fsp3) is 0. The minimum atomic E-state index is 0.531. The smallest absolute Gasteiger partial charge is 0.167 e. The fourth-order valence-corrected chi connectivity index (χ4v) is 9.39. The van der Waals surface area contributed by atoms with Gasteiger partial charge in [-0.15, -0.1) is 0 Å². The molecule has 4 heterocycles. The zero-order valence-corrected chi connectivity index (χ0v) is 33.7. The van der Waals surface area contributed by atoms with E-state index in [1.807, 2.05) is 66.7 Å². The maximum atomic E-state index is 6.75. The summed E-state index contributed by atoms with van der Waals surface area (Å²) < 4.78 is 15.4. The molecule has 294 valence electrons. The second-order valence-corrected chi connectivity index (χ2v) is 15.9. The van der Waals surface area contributed by atoms with Crippen LogP contribution in [0.15, 0.2) is 215 Å². The van der Waals surface area contributed by atoms with Crippen LogP contribution in [-0.2, 0) is 0 Å². The van der Waals surface area contributed by atoms with Crippen molar-refractivity contribution in [1.82, 2.24) is 19.5 Å². The molecule has 0 fully saturated rings. The fourth-order valence-electron chi connectivity index (χ4n) is 9.39. The highest BCUT2D eigenvalue weighted by atomic mass is 16.3. The lowest BCUT2D eigenvalue weighted by Gasteiger charge is -2.11. The average molecular weight is 807 g/mol. The first-order valence-corrected chi connectivity index (χ1v) is 21.1. The van der Waals surface area contributed by atoms with E-state index in [0.717, 1.165) is 82.9 Å². The van der Waals surface area contributed by atoms with Crippen molar-refractivity contribution in [2.75, 3.05) is 0 Å². The topological polar surface area (TPSA) is 69.9 Å². The molecule has 0 bridgehead atoms. The van der Waals surface area contributed by atoms with Gasteiger partial charge in [-0.05, 0) is 71.3 Å². The van der Waals surface area contributed by atoms with Gasteiger partial charge in [0.1, 0.15) is 22.3 Å². The Labute approximate surface area is 361 Å². The number of furan rings is 2. The molecule has 0 saturated heterocycles. The summed E-state index contributed by atoms with van der Waals surface area (Å²) in [6.07, 6.45) is 0. The van der Waals surface area contributed by atoms with Crippen LogP contribution in [0.2, 0.25) is 0 Å². The van der Waals surface area contributed by atoms with Gasteiger partial charge >= 0.3 is 0 Å². The van der Waals surface area contributed by atoms with E-state index in [9.17, 15) is 0 Å². The highest BCUT2D eigenvalue weighted by Gasteiger charge is 2.22. The van der Waals surface area contributed by atoms with Crippen molar-refractivity contribution in [2.24, 2.45) is 0 Å². The van der Waals surface area contributed by atoms with Gasteiger partial charge in [0.15, 0.2) is 17.5 Å². The third-order valence-corrected chi connectivity index (χ3v) is 12.3. The molecule has 4 aromatic heterocycles. The lowest BCUT2D eigenvalue weighted by molar-refractivity contribution is 0.668. The third-order valence-electron chi connectivity index (χ3n) is 12.3. The SMILES string of the molecule is c1ccc(-c2nc(-c3cccc4c3oc3ccc(-c5ccc6c(c5)c5cccc(-c7ccccc7)c5n6-c5ccccc5)cc34)nc(-c3cccc4oc5ccccc5c34)n2)cc1. The standard InChI is InChI=1S/C57H34N4O2/c1-4-15-35(16-5-1)40-22-12-23-41-46-33-37(29-31-48(46)61(53(40)41)39-19-8-3-9-20-39)38-30-32-50-47(34-38)42-24-13-26-45(54(42)63-50)57-59-55(36-17-6-2-7-18-36)58-56(60-57)44-25-14-28-51-52(44)43-21-10-11-27-49(43)62-51/h1-34H. The van der Waals surface area contributed by atoms with Gasteiger partial charge in [0.05, 0.1) is 16.6 Å². The second-order valence-electron chi connectivity index (χ2n) is 15.9. The second kappa shape index (κ2) is 14.0. The number of nitrogens with zero attached hydrogens (tertiary/aromatic N) is 4. The van der Waals surface area contributed by atoms with Crippen LogP contribution < -0.4 is 0 Å². The maximum Gasteiger partial charge on any atom is 0.167 e. The van der Waals surface area contributed by atoms with E-state index in [1.54, 1.807) is 0 Å². The Bertz CT molecular complexity index is 3900. The van der Waals surface area contributed by atoms with Crippen LogP contribution in [0, 0.1) is 0 Å². The molecule has 0 aliphatic carbocycles. The molecular weight excluding hydrogens is 773 g/mol. The van der Waals surface area contributed by atoms with E-state index in [4.69, 9.17) is 23.8 Å². The van der Waals surface area contributed by atoms with E-state index in [2.05, 4.69) is 144 Å². The summed E-state index contributed by atoms with van der Waals surface area (Å²) in [5.41, 5.74) is 13.8. The summed E-state index contributed by atoms with van der Waals surface area (Å²) in [7, 11) is 0. The van der Waals surface area contributed by atoms with Crippen molar-refractivity contribution in [3.05, 3.63) is 206 Å². The van der Waals surface area contributed by atoms with Gasteiger partial charge in [0.2, 0.25) is 0 Å². The molecule has 0 N–H and O–H groups in total. The van der Waals surface area contributed by atoms with Crippen molar-refractivity contribution in [3.8, 4) is 62.1 Å². The van der Waals surface area contributed by atoms with Gasteiger partial charge in [-0.2, -0.15) is 0 Å². The number of rotatable bonds is 6. The van der Waals surface area contributed by atoms with Crippen molar-refractivity contribution >= 4 is 65.7 Å². The van der Waals surface area contributed by atoms with Crippen molar-refractivity contribution in [2.45, 2.75) is 0 Å². The molecule has 6 nitrogen and oxygen atoms in total. The first-order valence-electron chi connectivity index (χ1n) is 21.1. The highest BCUT2D eigenvalue weighted by molar-refractivity contribution is 6.16. The first kappa shape index (κ1) is 35.2. The van der Waals surface area contributed by atoms with Gasteiger partial charge in [0, 0.05) is 54.7 Å². The zero-order chi connectivity index (χ0) is 41.4. The molecule has 6 heteroatoms. The predicted octanol–water partition coefficient (Wildman–Crippen LogP) is 15.1. The van der Waals surface area contributed by atoms with Gasteiger partial charge in [-0.3, -0.25) is 0 Å². The van der Waals surface area contributed by atoms with Crippen LogP contribution in [0.4, 0.5) is 0 Å². The molecule has 13 aromatic rings. The van der Waals surface area contributed by atoms with E-state index < -0.39 is 0 Å². The Balaban J connectivity index is 0.975. The van der Waals surface area contributed by atoms with E-state index in [1.165, 1.54) is 27.4 Å². The van der Waals surface area contributed by atoms with E-state index in [-0.39, 0.29) is 0 Å². The maximum absolute atomic E-state index is 6.75.